The number of halogens is 3. The maximum Gasteiger partial charge on any atom is 0.129 e. The van der Waals surface area contributed by atoms with Crippen molar-refractivity contribution in [1.82, 2.24) is 5.32 Å². The van der Waals surface area contributed by atoms with Crippen LogP contribution in [0.25, 0.3) is 0 Å². The molecule has 1 nitrogen and oxygen atoms in total. The third kappa shape index (κ3) is 4.11. The molecule has 1 rings (SSSR count). The molecule has 0 radical (unpaired) electrons. The minimum Gasteiger partial charge on any atom is -0.312 e. The fourth-order valence-electron chi connectivity index (χ4n) is 1.86. The molecule has 0 bridgehead atoms. The summed E-state index contributed by atoms with van der Waals surface area (Å²) in [6, 6.07) is 4.76. The molecule has 0 aliphatic rings. The zero-order valence-electron chi connectivity index (χ0n) is 10.9. The van der Waals surface area contributed by atoms with Crippen molar-refractivity contribution in [3.8, 4) is 0 Å². The molecule has 0 aliphatic heterocycles. The van der Waals surface area contributed by atoms with Gasteiger partial charge in [-0.15, -0.1) is 11.6 Å². The predicted octanol–water partition coefficient (Wildman–Crippen LogP) is 4.61. The summed E-state index contributed by atoms with van der Waals surface area (Å²) in [6.07, 6.45) is 2.03. The number of rotatable bonds is 7. The zero-order valence-corrected chi connectivity index (χ0v) is 12.4. The van der Waals surface area contributed by atoms with Gasteiger partial charge in [-0.05, 0) is 30.4 Å². The molecule has 1 aromatic carbocycles. The topological polar surface area (TPSA) is 12.0 Å². The molecule has 102 valence electrons. The highest BCUT2D eigenvalue weighted by Gasteiger charge is 2.24. The van der Waals surface area contributed by atoms with Gasteiger partial charge in [0.2, 0.25) is 0 Å². The van der Waals surface area contributed by atoms with E-state index in [2.05, 4.69) is 19.2 Å². The second-order valence-electron chi connectivity index (χ2n) is 4.68. The first-order valence-corrected chi connectivity index (χ1v) is 7.18. The molecule has 18 heavy (non-hydrogen) atoms. The monoisotopic (exact) mass is 291 g/mol. The van der Waals surface area contributed by atoms with E-state index in [4.69, 9.17) is 23.2 Å². The lowest BCUT2D eigenvalue weighted by Crippen LogP contribution is -2.34. The van der Waals surface area contributed by atoms with Gasteiger partial charge in [0.15, 0.2) is 0 Å². The molecule has 0 heterocycles. The minimum absolute atomic E-state index is 0.102. The third-order valence-corrected chi connectivity index (χ3v) is 4.42. The van der Waals surface area contributed by atoms with E-state index in [1.165, 1.54) is 6.07 Å². The Kier molecular flexibility index (Phi) is 6.40. The Morgan fingerprint density at radius 3 is 2.44 bits per heavy atom. The van der Waals surface area contributed by atoms with Crippen molar-refractivity contribution >= 4 is 23.2 Å². The Bertz CT molecular complexity index is 370. The molecule has 0 aliphatic carbocycles. The molecule has 0 aromatic heterocycles. The minimum atomic E-state index is -0.264. The van der Waals surface area contributed by atoms with E-state index in [9.17, 15) is 4.39 Å². The average Bonchev–Trinajstić information content (AvgIpc) is 2.38. The third-order valence-electron chi connectivity index (χ3n) is 3.61. The van der Waals surface area contributed by atoms with Crippen molar-refractivity contribution < 1.29 is 4.39 Å². The summed E-state index contributed by atoms with van der Waals surface area (Å²) in [5, 5.41) is 3.71. The molecule has 4 heteroatoms. The first-order chi connectivity index (χ1) is 8.56. The predicted molar refractivity (Wildman–Crippen MR) is 76.9 cm³/mol. The van der Waals surface area contributed by atoms with Crippen LogP contribution in [0.4, 0.5) is 4.39 Å². The van der Waals surface area contributed by atoms with Gasteiger partial charge < -0.3 is 5.32 Å². The molecule has 1 N–H and O–H groups in total. The lowest BCUT2D eigenvalue weighted by atomic mass is 9.84. The second-order valence-corrected chi connectivity index (χ2v) is 5.38. The summed E-state index contributed by atoms with van der Waals surface area (Å²) < 4.78 is 13.6. The number of hydrogen-bond acceptors (Lipinski definition) is 1. The molecule has 0 fully saturated rings. The lowest BCUT2D eigenvalue weighted by Gasteiger charge is -2.29. The maximum absolute atomic E-state index is 13.6. The second kappa shape index (κ2) is 7.32. The van der Waals surface area contributed by atoms with Crippen LogP contribution in [0.2, 0.25) is 5.02 Å². The highest BCUT2D eigenvalue weighted by atomic mass is 35.5. The number of alkyl halides is 1. The molecule has 0 atom stereocenters. The van der Waals surface area contributed by atoms with Gasteiger partial charge in [-0.2, -0.15) is 0 Å². The van der Waals surface area contributed by atoms with E-state index < -0.39 is 0 Å². The summed E-state index contributed by atoms with van der Waals surface area (Å²) in [4.78, 5) is 0. The van der Waals surface area contributed by atoms with Gasteiger partial charge in [0.1, 0.15) is 5.82 Å². The van der Waals surface area contributed by atoms with E-state index in [1.807, 2.05) is 0 Å². The number of nitrogens with one attached hydrogen (secondary N) is 1. The van der Waals surface area contributed by atoms with E-state index in [1.54, 1.807) is 12.1 Å². The van der Waals surface area contributed by atoms with Crippen LogP contribution in [-0.4, -0.2) is 12.4 Å². The van der Waals surface area contributed by atoms with Gasteiger partial charge in [-0.3, -0.25) is 0 Å². The zero-order chi connectivity index (χ0) is 13.6. The molecule has 0 amide bonds. The first kappa shape index (κ1) is 15.7. The van der Waals surface area contributed by atoms with Crippen molar-refractivity contribution in [2.75, 3.05) is 12.4 Å². The van der Waals surface area contributed by atoms with Crippen LogP contribution in [0, 0.1) is 11.2 Å². The summed E-state index contributed by atoms with van der Waals surface area (Å²) in [6.45, 7) is 5.57. The molecular formula is C14H20Cl2FN. The molecule has 0 saturated heterocycles. The molecule has 0 spiro atoms. The van der Waals surface area contributed by atoms with Gasteiger partial charge in [0, 0.05) is 29.6 Å². The highest BCUT2D eigenvalue weighted by Crippen LogP contribution is 2.27. The lowest BCUT2D eigenvalue weighted by molar-refractivity contribution is 0.285. The van der Waals surface area contributed by atoms with Gasteiger partial charge in [-0.1, -0.05) is 31.5 Å². The summed E-state index contributed by atoms with van der Waals surface area (Å²) >= 11 is 11.7. The normalized spacial score (nSPS) is 11.8. The van der Waals surface area contributed by atoms with Crippen molar-refractivity contribution in [2.24, 2.45) is 5.41 Å². The van der Waals surface area contributed by atoms with Gasteiger partial charge >= 0.3 is 0 Å². The van der Waals surface area contributed by atoms with Crippen LogP contribution < -0.4 is 5.32 Å². The van der Waals surface area contributed by atoms with Gasteiger partial charge in [0.25, 0.3) is 0 Å². The van der Waals surface area contributed by atoms with Crippen LogP contribution >= 0.6 is 23.2 Å². The Morgan fingerprint density at radius 2 is 1.94 bits per heavy atom. The molecule has 0 unspecified atom stereocenters. The first-order valence-electron chi connectivity index (χ1n) is 6.27. The summed E-state index contributed by atoms with van der Waals surface area (Å²) in [5.74, 6) is 0.357. The molecular weight excluding hydrogens is 272 g/mol. The van der Waals surface area contributed by atoms with Crippen LogP contribution in [0.15, 0.2) is 18.2 Å². The summed E-state index contributed by atoms with van der Waals surface area (Å²) in [5.41, 5.74) is 0.736. The maximum atomic E-state index is 13.6. The average molecular weight is 292 g/mol. The van der Waals surface area contributed by atoms with Crippen molar-refractivity contribution in [3.63, 3.8) is 0 Å². The van der Waals surface area contributed by atoms with Gasteiger partial charge in [0.05, 0.1) is 0 Å². The smallest absolute Gasteiger partial charge is 0.129 e. The Labute approximate surface area is 119 Å². The Hall–Kier alpha value is -0.310. The Morgan fingerprint density at radius 1 is 1.28 bits per heavy atom. The fraction of sp³-hybridized carbons (Fsp3) is 0.571. The largest absolute Gasteiger partial charge is 0.312 e. The van der Waals surface area contributed by atoms with Crippen molar-refractivity contribution in [1.29, 1.82) is 0 Å². The van der Waals surface area contributed by atoms with Gasteiger partial charge in [-0.25, -0.2) is 4.39 Å². The van der Waals surface area contributed by atoms with Crippen LogP contribution in [0.5, 0.6) is 0 Å². The number of benzene rings is 1. The quantitative estimate of drug-likeness (QED) is 0.723. The molecule has 0 saturated carbocycles. The number of hydrogen-bond donors (Lipinski definition) is 1. The SMILES string of the molecule is CCC(CC)(CCl)CNCc1ccc(Cl)cc1F. The van der Waals surface area contributed by atoms with Crippen LogP contribution in [-0.2, 0) is 6.54 Å². The van der Waals surface area contributed by atoms with Crippen LogP contribution in [0.3, 0.4) is 0 Å². The van der Waals surface area contributed by atoms with E-state index in [0.717, 1.165) is 19.4 Å². The van der Waals surface area contributed by atoms with E-state index in [-0.39, 0.29) is 11.2 Å². The van der Waals surface area contributed by atoms with Crippen LogP contribution in [0.1, 0.15) is 32.3 Å². The Balaban J connectivity index is 2.55. The highest BCUT2D eigenvalue weighted by molar-refractivity contribution is 6.30. The van der Waals surface area contributed by atoms with Crippen molar-refractivity contribution in [3.05, 3.63) is 34.6 Å². The van der Waals surface area contributed by atoms with Crippen molar-refractivity contribution in [2.45, 2.75) is 33.2 Å². The standard InChI is InChI=1S/C14H20Cl2FN/c1-3-14(4-2,9-15)10-18-8-11-5-6-12(16)7-13(11)17/h5-7,18H,3-4,8-10H2,1-2H3. The molecule has 1 aromatic rings. The van der Waals surface area contributed by atoms with E-state index in [0.29, 0.717) is 23.0 Å². The van der Waals surface area contributed by atoms with E-state index >= 15 is 0 Å². The fourth-order valence-corrected chi connectivity index (χ4v) is 2.49. The summed E-state index contributed by atoms with van der Waals surface area (Å²) in [7, 11) is 0.